The summed E-state index contributed by atoms with van der Waals surface area (Å²) < 4.78 is 4.98. The first kappa shape index (κ1) is 15.4. The molecule has 1 aliphatic rings. The summed E-state index contributed by atoms with van der Waals surface area (Å²) in [6, 6.07) is 4.00. The van der Waals surface area contributed by atoms with E-state index in [1.165, 1.54) is 25.3 Å². The van der Waals surface area contributed by atoms with Gasteiger partial charge in [-0.1, -0.05) is 0 Å². The Morgan fingerprint density at radius 1 is 1.41 bits per heavy atom. The van der Waals surface area contributed by atoms with Crippen LogP contribution in [0.25, 0.3) is 0 Å². The molecule has 9 nitrogen and oxygen atoms in total. The van der Waals surface area contributed by atoms with Crippen molar-refractivity contribution in [2.45, 2.75) is 0 Å². The van der Waals surface area contributed by atoms with E-state index in [0.717, 1.165) is 11.0 Å². The first-order valence-electron chi connectivity index (χ1n) is 6.25. The molecule has 1 aromatic rings. The fraction of sp³-hybridized carbons (Fsp3) is 0.231. The second-order valence-electron chi connectivity index (χ2n) is 4.34. The van der Waals surface area contributed by atoms with Gasteiger partial charge >= 0.3 is 0 Å². The molecule has 0 saturated carbocycles. The molecule has 22 heavy (non-hydrogen) atoms. The third-order valence-corrected chi connectivity index (χ3v) is 3.00. The van der Waals surface area contributed by atoms with E-state index in [-0.39, 0.29) is 30.2 Å². The molecule has 0 spiro atoms. The van der Waals surface area contributed by atoms with E-state index in [4.69, 9.17) is 9.84 Å². The maximum absolute atomic E-state index is 12.0. The lowest BCUT2D eigenvalue weighted by atomic mass is 10.2. The van der Waals surface area contributed by atoms with Gasteiger partial charge in [0.15, 0.2) is 0 Å². The molecule has 1 aromatic carbocycles. The number of aliphatic hydroxyl groups is 1. The van der Waals surface area contributed by atoms with Crippen molar-refractivity contribution in [3.05, 3.63) is 40.1 Å². The Bertz CT molecular complexity index is 670. The van der Waals surface area contributed by atoms with Gasteiger partial charge in [0.2, 0.25) is 0 Å². The topological polar surface area (TPSA) is 122 Å². The molecule has 0 atom stereocenters. The highest BCUT2D eigenvalue weighted by molar-refractivity contribution is 6.17. The highest BCUT2D eigenvalue weighted by Crippen LogP contribution is 2.30. The number of carbonyl (C=O) groups is 2. The largest absolute Gasteiger partial charge is 0.497 e. The number of nitro benzene ring substituents is 1. The SMILES string of the molecule is COc1ccc([N+](=O)[O-])c(NC2=CC(=O)N(CCO)C2=O)c1. The summed E-state index contributed by atoms with van der Waals surface area (Å²) in [4.78, 5) is 34.9. The van der Waals surface area contributed by atoms with Crippen LogP contribution in [0, 0.1) is 10.1 Å². The smallest absolute Gasteiger partial charge is 0.292 e. The zero-order valence-corrected chi connectivity index (χ0v) is 11.6. The van der Waals surface area contributed by atoms with Gasteiger partial charge in [0.05, 0.1) is 25.2 Å². The van der Waals surface area contributed by atoms with Gasteiger partial charge in [-0.05, 0) is 6.07 Å². The fourth-order valence-electron chi connectivity index (χ4n) is 1.96. The molecule has 9 heteroatoms. The number of nitrogens with one attached hydrogen (secondary N) is 1. The second kappa shape index (κ2) is 6.22. The Kier molecular flexibility index (Phi) is 4.37. The van der Waals surface area contributed by atoms with Crippen molar-refractivity contribution in [1.82, 2.24) is 4.90 Å². The molecule has 0 aliphatic carbocycles. The second-order valence-corrected chi connectivity index (χ2v) is 4.34. The maximum Gasteiger partial charge on any atom is 0.292 e. The number of aliphatic hydroxyl groups excluding tert-OH is 1. The number of rotatable bonds is 6. The van der Waals surface area contributed by atoms with Crippen LogP contribution in [0.15, 0.2) is 30.0 Å². The molecule has 0 radical (unpaired) electrons. The minimum absolute atomic E-state index is 0.0302. The fourth-order valence-corrected chi connectivity index (χ4v) is 1.96. The number of hydrogen-bond acceptors (Lipinski definition) is 7. The number of amides is 2. The van der Waals surface area contributed by atoms with Gasteiger partial charge in [-0.15, -0.1) is 0 Å². The molecule has 0 bridgehead atoms. The lowest BCUT2D eigenvalue weighted by Gasteiger charge is -2.13. The Balaban J connectivity index is 2.31. The summed E-state index contributed by atoms with van der Waals surface area (Å²) in [5.41, 5.74) is -0.333. The number of hydrogen-bond donors (Lipinski definition) is 2. The number of nitro groups is 1. The molecule has 0 saturated heterocycles. The zero-order chi connectivity index (χ0) is 16.3. The first-order chi connectivity index (χ1) is 10.5. The van der Waals surface area contributed by atoms with E-state index in [0.29, 0.717) is 5.75 Å². The standard InChI is InChI=1S/C13H13N3O6/c1-22-8-2-3-11(16(20)21)9(6-8)14-10-7-12(18)15(4-5-17)13(10)19/h2-3,6-7,14,17H,4-5H2,1H3. The number of methoxy groups -OCH3 is 1. The van der Waals surface area contributed by atoms with Gasteiger partial charge in [-0.25, -0.2) is 0 Å². The van der Waals surface area contributed by atoms with Crippen molar-refractivity contribution >= 4 is 23.2 Å². The van der Waals surface area contributed by atoms with Crippen molar-refractivity contribution < 1.29 is 24.4 Å². The van der Waals surface area contributed by atoms with Crippen molar-refractivity contribution in [1.29, 1.82) is 0 Å². The summed E-state index contributed by atoms with van der Waals surface area (Å²) in [6.45, 7) is -0.503. The van der Waals surface area contributed by atoms with Gasteiger partial charge in [-0.3, -0.25) is 24.6 Å². The number of benzene rings is 1. The van der Waals surface area contributed by atoms with Crippen LogP contribution in [-0.2, 0) is 9.59 Å². The zero-order valence-electron chi connectivity index (χ0n) is 11.6. The van der Waals surface area contributed by atoms with Crippen molar-refractivity contribution in [2.24, 2.45) is 0 Å². The molecular weight excluding hydrogens is 294 g/mol. The molecular formula is C13H13N3O6. The maximum atomic E-state index is 12.0. The van der Waals surface area contributed by atoms with Gasteiger partial charge in [0.25, 0.3) is 17.5 Å². The predicted octanol–water partition coefficient (Wildman–Crippen LogP) is 0.260. The van der Waals surface area contributed by atoms with Crippen LogP contribution in [-0.4, -0.2) is 47.0 Å². The van der Waals surface area contributed by atoms with Crippen LogP contribution in [0.3, 0.4) is 0 Å². The number of ether oxygens (including phenoxy) is 1. The van der Waals surface area contributed by atoms with Crippen LogP contribution in [0.2, 0.25) is 0 Å². The van der Waals surface area contributed by atoms with Crippen molar-refractivity contribution in [3.8, 4) is 5.75 Å². The van der Waals surface area contributed by atoms with Crippen LogP contribution >= 0.6 is 0 Å². The Labute approximate surface area is 124 Å². The predicted molar refractivity (Wildman–Crippen MR) is 75.2 cm³/mol. The number of nitrogens with zero attached hydrogens (tertiary/aromatic N) is 2. The van der Waals surface area contributed by atoms with Crippen molar-refractivity contribution in [2.75, 3.05) is 25.6 Å². The Morgan fingerprint density at radius 3 is 2.73 bits per heavy atom. The van der Waals surface area contributed by atoms with E-state index in [1.807, 2.05) is 0 Å². The Hall–Kier alpha value is -2.94. The molecule has 0 aromatic heterocycles. The number of β-amino-alcohol motifs (C(OH)–C–C–N with tert-alkyl or cyclic N) is 1. The number of carbonyl (C=O) groups excluding carboxylic acids is 2. The van der Waals surface area contributed by atoms with Gasteiger partial charge < -0.3 is 15.2 Å². The molecule has 2 N–H and O–H groups in total. The average molecular weight is 307 g/mol. The van der Waals surface area contributed by atoms with E-state index >= 15 is 0 Å². The summed E-state index contributed by atoms with van der Waals surface area (Å²) in [5, 5.41) is 22.4. The van der Waals surface area contributed by atoms with Crippen LogP contribution < -0.4 is 10.1 Å². The number of anilines is 1. The summed E-state index contributed by atoms with van der Waals surface area (Å²) in [5.74, 6) is -0.888. The quantitative estimate of drug-likeness (QED) is 0.439. The number of imide groups is 1. The highest BCUT2D eigenvalue weighted by Gasteiger charge is 2.31. The van der Waals surface area contributed by atoms with Crippen LogP contribution in [0.5, 0.6) is 5.75 Å². The van der Waals surface area contributed by atoms with Crippen LogP contribution in [0.4, 0.5) is 11.4 Å². The molecule has 116 valence electrons. The van der Waals surface area contributed by atoms with Crippen LogP contribution in [0.1, 0.15) is 0 Å². The lowest BCUT2D eigenvalue weighted by molar-refractivity contribution is -0.383. The van der Waals surface area contributed by atoms with Gasteiger partial charge in [0, 0.05) is 18.2 Å². The summed E-state index contributed by atoms with van der Waals surface area (Å²) >= 11 is 0. The molecule has 0 unspecified atom stereocenters. The first-order valence-corrected chi connectivity index (χ1v) is 6.25. The molecule has 2 rings (SSSR count). The Morgan fingerprint density at radius 2 is 2.14 bits per heavy atom. The van der Waals surface area contributed by atoms with Gasteiger partial charge in [-0.2, -0.15) is 0 Å². The van der Waals surface area contributed by atoms with E-state index in [2.05, 4.69) is 5.32 Å². The van der Waals surface area contributed by atoms with E-state index < -0.39 is 16.7 Å². The lowest BCUT2D eigenvalue weighted by Crippen LogP contribution is -2.34. The van der Waals surface area contributed by atoms with Crippen molar-refractivity contribution in [3.63, 3.8) is 0 Å². The summed E-state index contributed by atoms with van der Waals surface area (Å²) in [6.07, 6.45) is 1.03. The highest BCUT2D eigenvalue weighted by atomic mass is 16.6. The third-order valence-electron chi connectivity index (χ3n) is 3.00. The monoisotopic (exact) mass is 307 g/mol. The third kappa shape index (κ3) is 2.88. The molecule has 1 aliphatic heterocycles. The molecule has 1 heterocycles. The molecule has 0 fully saturated rings. The average Bonchev–Trinajstić information content (AvgIpc) is 2.75. The summed E-state index contributed by atoms with van der Waals surface area (Å²) in [7, 11) is 1.40. The van der Waals surface area contributed by atoms with E-state index in [1.54, 1.807) is 0 Å². The minimum Gasteiger partial charge on any atom is -0.497 e. The minimum atomic E-state index is -0.656. The van der Waals surface area contributed by atoms with Gasteiger partial charge in [0.1, 0.15) is 17.1 Å². The normalized spacial score (nSPS) is 14.1. The molecule has 2 amide bonds. The van der Waals surface area contributed by atoms with E-state index in [9.17, 15) is 19.7 Å².